The summed E-state index contributed by atoms with van der Waals surface area (Å²) >= 11 is 0. The Morgan fingerprint density at radius 3 is 2.10 bits per heavy atom. The SMILES string of the molecule is CC1=C(C2c3ccccc3CCc3ccccc32)N(C)CN1c1cccc(Oc2ccc3c4ccccc4n(-c4ccccn4)c3c2)c1. The largest absolute Gasteiger partial charge is 0.457 e. The van der Waals surface area contributed by atoms with Gasteiger partial charge >= 0.3 is 0 Å². The molecule has 9 rings (SSSR count). The summed E-state index contributed by atoms with van der Waals surface area (Å²) in [5, 5.41) is 2.37. The van der Waals surface area contributed by atoms with Crippen LogP contribution in [0.4, 0.5) is 5.69 Å². The van der Waals surface area contributed by atoms with E-state index in [-0.39, 0.29) is 5.92 Å². The fourth-order valence-corrected chi connectivity index (χ4v) is 7.93. The van der Waals surface area contributed by atoms with Crippen LogP contribution >= 0.6 is 0 Å². The van der Waals surface area contributed by atoms with Crippen LogP contribution < -0.4 is 9.64 Å². The van der Waals surface area contributed by atoms with Crippen LogP contribution in [0.25, 0.3) is 27.6 Å². The van der Waals surface area contributed by atoms with Gasteiger partial charge in [-0.15, -0.1) is 0 Å². The average molecular weight is 625 g/mol. The number of ether oxygens (including phenoxy) is 1. The highest BCUT2D eigenvalue weighted by Gasteiger charge is 2.35. The minimum Gasteiger partial charge on any atom is -0.457 e. The van der Waals surface area contributed by atoms with E-state index in [4.69, 9.17) is 4.74 Å². The number of para-hydroxylation sites is 1. The van der Waals surface area contributed by atoms with Gasteiger partial charge in [0.25, 0.3) is 0 Å². The number of aryl methyl sites for hydroxylation is 2. The molecule has 0 bridgehead atoms. The highest BCUT2D eigenvalue weighted by Crippen LogP contribution is 2.45. The molecule has 2 aliphatic rings. The Kier molecular flexibility index (Phi) is 6.78. The second kappa shape index (κ2) is 11.5. The van der Waals surface area contributed by atoms with Crippen LogP contribution in [0.2, 0.25) is 0 Å². The Labute approximate surface area is 281 Å². The molecule has 0 atom stereocenters. The lowest BCUT2D eigenvalue weighted by atomic mass is 9.84. The van der Waals surface area contributed by atoms with Gasteiger partial charge in [-0.05, 0) is 84.5 Å². The number of pyridine rings is 1. The summed E-state index contributed by atoms with van der Waals surface area (Å²) in [4.78, 5) is 9.53. The van der Waals surface area contributed by atoms with Crippen LogP contribution in [-0.4, -0.2) is 28.2 Å². The molecule has 0 spiro atoms. The quantitative estimate of drug-likeness (QED) is 0.191. The molecule has 5 heteroatoms. The molecule has 234 valence electrons. The van der Waals surface area contributed by atoms with Gasteiger partial charge in [-0.2, -0.15) is 0 Å². The van der Waals surface area contributed by atoms with Crippen molar-refractivity contribution < 1.29 is 4.74 Å². The summed E-state index contributed by atoms with van der Waals surface area (Å²) in [7, 11) is 2.23. The van der Waals surface area contributed by atoms with Crippen molar-refractivity contribution in [2.75, 3.05) is 18.6 Å². The third-order valence-electron chi connectivity index (χ3n) is 10.1. The van der Waals surface area contributed by atoms with Crippen molar-refractivity contribution >= 4 is 27.5 Å². The first-order valence-electron chi connectivity index (χ1n) is 16.7. The molecule has 0 amide bonds. The van der Waals surface area contributed by atoms with E-state index in [2.05, 4.69) is 143 Å². The maximum Gasteiger partial charge on any atom is 0.137 e. The number of rotatable bonds is 5. The van der Waals surface area contributed by atoms with Crippen molar-refractivity contribution in [2.45, 2.75) is 25.7 Å². The molecule has 0 radical (unpaired) electrons. The Balaban J connectivity index is 1.08. The van der Waals surface area contributed by atoms with Gasteiger partial charge in [-0.1, -0.05) is 78.9 Å². The minimum atomic E-state index is 0.187. The van der Waals surface area contributed by atoms with Crippen LogP contribution in [0, 0.1) is 0 Å². The van der Waals surface area contributed by atoms with E-state index in [1.807, 2.05) is 30.5 Å². The van der Waals surface area contributed by atoms with E-state index in [0.29, 0.717) is 0 Å². The van der Waals surface area contributed by atoms with Gasteiger partial charge in [0.2, 0.25) is 0 Å². The van der Waals surface area contributed by atoms with Gasteiger partial charge in [0.15, 0.2) is 0 Å². The summed E-state index contributed by atoms with van der Waals surface area (Å²) in [5.41, 5.74) is 11.7. The molecular formula is C43H36N4O. The van der Waals surface area contributed by atoms with Crippen LogP contribution in [0.15, 0.2) is 151 Å². The smallest absolute Gasteiger partial charge is 0.137 e. The van der Waals surface area contributed by atoms with Crippen LogP contribution in [0.3, 0.4) is 0 Å². The molecule has 0 N–H and O–H groups in total. The predicted octanol–water partition coefficient (Wildman–Crippen LogP) is 9.84. The number of hydrogen-bond acceptors (Lipinski definition) is 4. The molecular weight excluding hydrogens is 589 g/mol. The Morgan fingerprint density at radius 1 is 0.646 bits per heavy atom. The lowest BCUT2D eigenvalue weighted by Gasteiger charge is -2.27. The van der Waals surface area contributed by atoms with Gasteiger partial charge in [-0.3, -0.25) is 4.57 Å². The van der Waals surface area contributed by atoms with Crippen molar-refractivity contribution in [2.24, 2.45) is 0 Å². The van der Waals surface area contributed by atoms with Gasteiger partial charge < -0.3 is 14.5 Å². The first-order chi connectivity index (χ1) is 23.6. The summed E-state index contributed by atoms with van der Waals surface area (Å²) in [6, 6.07) is 47.4. The molecule has 2 aromatic heterocycles. The zero-order chi connectivity index (χ0) is 32.2. The van der Waals surface area contributed by atoms with E-state index in [0.717, 1.165) is 53.5 Å². The van der Waals surface area contributed by atoms with Gasteiger partial charge in [0.1, 0.15) is 17.3 Å². The standard InChI is InChI=1S/C43H36N4O/c1-29-43(42-35-16-5-3-12-30(35)21-22-31-13-4-6-17-36(31)42)45(2)28-46(29)32-14-11-15-33(26-32)48-34-23-24-38-37-18-7-8-19-39(37)47(40(38)27-34)41-20-9-10-25-44-41/h3-20,23-27,42H,21-22,28H2,1-2H3. The van der Waals surface area contributed by atoms with E-state index in [9.17, 15) is 0 Å². The van der Waals surface area contributed by atoms with Gasteiger partial charge in [-0.25, -0.2) is 4.98 Å². The van der Waals surface area contributed by atoms with Crippen molar-refractivity contribution in [1.29, 1.82) is 0 Å². The monoisotopic (exact) mass is 624 g/mol. The third-order valence-corrected chi connectivity index (χ3v) is 10.1. The summed E-state index contributed by atoms with van der Waals surface area (Å²) in [6.45, 7) is 3.05. The van der Waals surface area contributed by atoms with Gasteiger partial charge in [0, 0.05) is 53.2 Å². The number of nitrogens with zero attached hydrogens (tertiary/aromatic N) is 4. The maximum absolute atomic E-state index is 6.60. The number of hydrogen-bond donors (Lipinski definition) is 0. The van der Waals surface area contributed by atoms with Crippen LogP contribution in [0.1, 0.15) is 35.1 Å². The zero-order valence-corrected chi connectivity index (χ0v) is 27.2. The highest BCUT2D eigenvalue weighted by molar-refractivity contribution is 6.09. The first kappa shape index (κ1) is 28.4. The molecule has 7 aromatic rings. The molecule has 48 heavy (non-hydrogen) atoms. The lowest BCUT2D eigenvalue weighted by molar-refractivity contribution is 0.435. The maximum atomic E-state index is 6.60. The first-order valence-corrected chi connectivity index (χ1v) is 16.7. The van der Waals surface area contributed by atoms with E-state index in [1.165, 1.54) is 44.4 Å². The van der Waals surface area contributed by atoms with Crippen molar-refractivity contribution in [3.63, 3.8) is 0 Å². The van der Waals surface area contributed by atoms with Crippen molar-refractivity contribution in [1.82, 2.24) is 14.5 Å². The minimum absolute atomic E-state index is 0.187. The third kappa shape index (κ3) is 4.65. The topological polar surface area (TPSA) is 33.5 Å². The van der Waals surface area contributed by atoms with Crippen molar-refractivity contribution in [3.05, 3.63) is 173 Å². The number of likely N-dealkylation sites (N-methyl/N-ethyl adjacent to an activating group) is 1. The second-order valence-corrected chi connectivity index (χ2v) is 12.9. The molecule has 0 saturated heterocycles. The molecule has 3 heterocycles. The fourth-order valence-electron chi connectivity index (χ4n) is 7.93. The number of allylic oxidation sites excluding steroid dienone is 2. The fraction of sp³-hybridized carbons (Fsp3) is 0.140. The Morgan fingerprint density at radius 2 is 1.33 bits per heavy atom. The Hall–Kier alpha value is -5.81. The van der Waals surface area contributed by atoms with Crippen LogP contribution in [0.5, 0.6) is 11.5 Å². The van der Waals surface area contributed by atoms with E-state index in [1.54, 1.807) is 0 Å². The molecule has 0 unspecified atom stereocenters. The number of aromatic nitrogens is 2. The average Bonchev–Trinajstić information content (AvgIpc) is 3.55. The summed E-state index contributed by atoms with van der Waals surface area (Å²) in [5.74, 6) is 2.67. The highest BCUT2D eigenvalue weighted by atomic mass is 16.5. The Bertz CT molecular complexity index is 2310. The molecule has 0 saturated carbocycles. The molecule has 5 aromatic carbocycles. The van der Waals surface area contributed by atoms with Crippen molar-refractivity contribution in [3.8, 4) is 17.3 Å². The normalized spacial score (nSPS) is 14.8. The molecule has 0 fully saturated rings. The summed E-state index contributed by atoms with van der Waals surface area (Å²) < 4.78 is 8.81. The summed E-state index contributed by atoms with van der Waals surface area (Å²) in [6.07, 6.45) is 3.97. The number of benzene rings is 5. The molecule has 5 nitrogen and oxygen atoms in total. The van der Waals surface area contributed by atoms with Gasteiger partial charge in [0.05, 0.1) is 23.6 Å². The number of fused-ring (bicyclic) bond motifs is 5. The van der Waals surface area contributed by atoms with Crippen LogP contribution in [-0.2, 0) is 12.8 Å². The van der Waals surface area contributed by atoms with E-state index < -0.39 is 0 Å². The number of anilines is 1. The lowest BCUT2D eigenvalue weighted by Crippen LogP contribution is -2.25. The van der Waals surface area contributed by atoms with E-state index >= 15 is 0 Å². The molecule has 1 aliphatic heterocycles. The zero-order valence-electron chi connectivity index (χ0n) is 27.2. The predicted molar refractivity (Wildman–Crippen MR) is 195 cm³/mol. The molecule has 1 aliphatic carbocycles. The second-order valence-electron chi connectivity index (χ2n) is 12.9.